The average molecular weight is 244 g/mol. The van der Waals surface area contributed by atoms with Gasteiger partial charge in [0.25, 0.3) is 0 Å². The Morgan fingerprint density at radius 1 is 1.33 bits per heavy atom. The van der Waals surface area contributed by atoms with Crippen LogP contribution in [0.5, 0.6) is 5.75 Å². The number of benzene rings is 1. The lowest BCUT2D eigenvalue weighted by Gasteiger charge is -2.06. The molecule has 0 aliphatic carbocycles. The van der Waals surface area contributed by atoms with Crippen molar-refractivity contribution in [3.8, 4) is 11.8 Å². The smallest absolute Gasteiger partial charge is 0.174 e. The van der Waals surface area contributed by atoms with Crippen molar-refractivity contribution in [1.29, 1.82) is 5.26 Å². The second kappa shape index (κ2) is 8.32. The minimum atomic E-state index is 0.0931. The lowest BCUT2D eigenvalue weighted by molar-refractivity contribution is 0.368. The third-order valence-corrected chi connectivity index (χ3v) is 2.61. The Balaban J connectivity index is 2.66. The van der Waals surface area contributed by atoms with E-state index in [9.17, 15) is 0 Å². The fourth-order valence-electron chi connectivity index (χ4n) is 1.58. The summed E-state index contributed by atoms with van der Waals surface area (Å²) >= 11 is 0. The molecule has 0 amide bonds. The van der Waals surface area contributed by atoms with E-state index in [1.165, 1.54) is 5.57 Å². The topological polar surface area (TPSA) is 45.0 Å². The fourth-order valence-corrected chi connectivity index (χ4v) is 1.58. The molecule has 0 aliphatic heterocycles. The van der Waals surface area contributed by atoms with Crippen LogP contribution in [0.2, 0.25) is 0 Å². The van der Waals surface area contributed by atoms with Crippen LogP contribution in [0, 0.1) is 11.3 Å². The van der Waals surface area contributed by atoms with E-state index in [0.29, 0.717) is 0 Å². The van der Waals surface area contributed by atoms with E-state index in [-0.39, 0.29) is 6.61 Å². The highest BCUT2D eigenvalue weighted by Gasteiger charge is 1.96. The molecule has 1 aromatic carbocycles. The van der Waals surface area contributed by atoms with Gasteiger partial charge in [-0.3, -0.25) is 0 Å². The van der Waals surface area contributed by atoms with E-state index in [1.807, 2.05) is 30.3 Å². The van der Waals surface area contributed by atoms with Gasteiger partial charge in [-0.25, -0.2) is 0 Å². The summed E-state index contributed by atoms with van der Waals surface area (Å²) in [6, 6.07) is 9.75. The summed E-state index contributed by atoms with van der Waals surface area (Å²) in [7, 11) is 0. The zero-order chi connectivity index (χ0) is 13.2. The van der Waals surface area contributed by atoms with Crippen molar-refractivity contribution in [1.82, 2.24) is 5.32 Å². The Morgan fingerprint density at radius 2 is 2.06 bits per heavy atom. The number of hydrogen-bond acceptors (Lipinski definition) is 3. The Labute approximate surface area is 109 Å². The molecule has 96 valence electrons. The van der Waals surface area contributed by atoms with Crippen molar-refractivity contribution >= 4 is 6.08 Å². The van der Waals surface area contributed by atoms with Crippen LogP contribution >= 0.6 is 0 Å². The average Bonchev–Trinajstić information content (AvgIpc) is 2.42. The molecule has 0 unspecified atom stereocenters. The second-order valence-corrected chi connectivity index (χ2v) is 3.95. The summed E-state index contributed by atoms with van der Waals surface area (Å²) in [6.45, 7) is 6.27. The maximum absolute atomic E-state index is 8.42. The van der Waals surface area contributed by atoms with E-state index in [2.05, 4.69) is 25.2 Å². The highest BCUT2D eigenvalue weighted by molar-refractivity contribution is 5.54. The maximum Gasteiger partial charge on any atom is 0.174 e. The third kappa shape index (κ3) is 5.03. The Morgan fingerprint density at radius 3 is 2.61 bits per heavy atom. The van der Waals surface area contributed by atoms with Crippen LogP contribution in [0.15, 0.2) is 29.8 Å². The molecular weight excluding hydrogens is 224 g/mol. The molecule has 0 bridgehead atoms. The molecule has 3 heteroatoms. The zero-order valence-corrected chi connectivity index (χ0v) is 11.1. The van der Waals surface area contributed by atoms with Crippen molar-refractivity contribution in [3.05, 3.63) is 35.4 Å². The standard InChI is InChI=1S/C15H20N2O/c1-3-13(12-17-4-2)11-14-5-7-15(8-6-14)18-10-9-16/h5-8,11,17H,3-4,10,12H2,1-2H3. The van der Waals surface area contributed by atoms with Gasteiger partial charge in [0.1, 0.15) is 11.8 Å². The predicted molar refractivity (Wildman–Crippen MR) is 74.4 cm³/mol. The van der Waals surface area contributed by atoms with Gasteiger partial charge in [0, 0.05) is 6.54 Å². The monoisotopic (exact) mass is 244 g/mol. The van der Waals surface area contributed by atoms with Gasteiger partial charge in [-0.2, -0.15) is 5.26 Å². The number of nitriles is 1. The normalized spacial score (nSPS) is 11.1. The summed E-state index contributed by atoms with van der Waals surface area (Å²) in [6.07, 6.45) is 3.23. The largest absolute Gasteiger partial charge is 0.479 e. The molecule has 0 aromatic heterocycles. The van der Waals surface area contributed by atoms with Crippen molar-refractivity contribution in [2.75, 3.05) is 19.7 Å². The minimum absolute atomic E-state index is 0.0931. The number of ether oxygens (including phenoxy) is 1. The van der Waals surface area contributed by atoms with Crippen LogP contribution in [0.3, 0.4) is 0 Å². The highest BCUT2D eigenvalue weighted by Crippen LogP contribution is 2.15. The maximum atomic E-state index is 8.42. The Kier molecular flexibility index (Phi) is 6.60. The van der Waals surface area contributed by atoms with Crippen molar-refractivity contribution in [2.24, 2.45) is 0 Å². The molecule has 0 saturated carbocycles. The highest BCUT2D eigenvalue weighted by atomic mass is 16.5. The van der Waals surface area contributed by atoms with Crippen LogP contribution < -0.4 is 10.1 Å². The number of hydrogen-bond donors (Lipinski definition) is 1. The summed E-state index contributed by atoms with van der Waals surface area (Å²) in [5, 5.41) is 11.8. The predicted octanol–water partition coefficient (Wildman–Crippen LogP) is 2.99. The SMILES string of the molecule is CCNCC(=Cc1ccc(OCC#N)cc1)CC. The first kappa shape index (κ1) is 14.3. The van der Waals surface area contributed by atoms with Gasteiger partial charge in [0.15, 0.2) is 6.61 Å². The molecule has 1 rings (SSSR count). The molecule has 0 fully saturated rings. The van der Waals surface area contributed by atoms with Crippen molar-refractivity contribution < 1.29 is 4.74 Å². The van der Waals surface area contributed by atoms with Gasteiger partial charge in [-0.05, 0) is 30.7 Å². The van der Waals surface area contributed by atoms with Crippen LogP contribution in [0.4, 0.5) is 0 Å². The minimum Gasteiger partial charge on any atom is -0.479 e. The number of nitrogens with one attached hydrogen (secondary N) is 1. The van der Waals surface area contributed by atoms with Crippen LogP contribution in [-0.2, 0) is 0 Å². The first-order valence-corrected chi connectivity index (χ1v) is 6.30. The van der Waals surface area contributed by atoms with E-state index >= 15 is 0 Å². The van der Waals surface area contributed by atoms with Gasteiger partial charge in [0.2, 0.25) is 0 Å². The number of rotatable bonds is 7. The second-order valence-electron chi connectivity index (χ2n) is 3.95. The zero-order valence-electron chi connectivity index (χ0n) is 11.1. The molecule has 18 heavy (non-hydrogen) atoms. The van der Waals surface area contributed by atoms with Gasteiger partial charge < -0.3 is 10.1 Å². The van der Waals surface area contributed by atoms with E-state index in [1.54, 1.807) is 0 Å². The van der Waals surface area contributed by atoms with Crippen molar-refractivity contribution in [3.63, 3.8) is 0 Å². The fraction of sp³-hybridized carbons (Fsp3) is 0.400. The summed E-state index contributed by atoms with van der Waals surface area (Å²) in [5.41, 5.74) is 2.54. The molecule has 0 spiro atoms. The van der Waals surface area contributed by atoms with E-state index < -0.39 is 0 Å². The molecule has 1 aromatic rings. The summed E-state index contributed by atoms with van der Waals surface area (Å²) in [4.78, 5) is 0. The van der Waals surface area contributed by atoms with Gasteiger partial charge >= 0.3 is 0 Å². The lowest BCUT2D eigenvalue weighted by atomic mass is 10.1. The van der Waals surface area contributed by atoms with E-state index in [0.717, 1.165) is 30.8 Å². The molecular formula is C15H20N2O. The van der Waals surface area contributed by atoms with Gasteiger partial charge in [0.05, 0.1) is 0 Å². The van der Waals surface area contributed by atoms with Crippen molar-refractivity contribution in [2.45, 2.75) is 20.3 Å². The molecule has 1 N–H and O–H groups in total. The third-order valence-electron chi connectivity index (χ3n) is 2.61. The van der Waals surface area contributed by atoms with Gasteiger partial charge in [-0.1, -0.05) is 37.6 Å². The first-order chi connectivity index (χ1) is 8.80. The Bertz CT molecular complexity index is 415. The lowest BCUT2D eigenvalue weighted by Crippen LogP contribution is -2.15. The van der Waals surface area contributed by atoms with Crippen LogP contribution in [0.1, 0.15) is 25.8 Å². The quantitative estimate of drug-likeness (QED) is 0.802. The van der Waals surface area contributed by atoms with Gasteiger partial charge in [-0.15, -0.1) is 0 Å². The number of likely N-dealkylation sites (N-methyl/N-ethyl adjacent to an activating group) is 1. The molecule has 0 saturated heterocycles. The molecule has 0 atom stereocenters. The number of nitrogens with zero attached hydrogens (tertiary/aromatic N) is 1. The molecule has 0 radical (unpaired) electrons. The first-order valence-electron chi connectivity index (χ1n) is 6.30. The molecule has 0 heterocycles. The molecule has 3 nitrogen and oxygen atoms in total. The van der Waals surface area contributed by atoms with Crippen LogP contribution in [-0.4, -0.2) is 19.7 Å². The summed E-state index contributed by atoms with van der Waals surface area (Å²) < 4.78 is 5.21. The van der Waals surface area contributed by atoms with E-state index in [4.69, 9.17) is 10.00 Å². The van der Waals surface area contributed by atoms with Crippen LogP contribution in [0.25, 0.3) is 6.08 Å². The molecule has 0 aliphatic rings. The summed E-state index contributed by atoms with van der Waals surface area (Å²) in [5.74, 6) is 0.735. The Hall–Kier alpha value is -1.79.